The molecular formula is C17H24N2O3. The predicted molar refractivity (Wildman–Crippen MR) is 82.8 cm³/mol. The third-order valence-electron chi connectivity index (χ3n) is 5.46. The highest BCUT2D eigenvalue weighted by molar-refractivity contribution is 5.82. The van der Waals surface area contributed by atoms with Gasteiger partial charge in [-0.05, 0) is 43.2 Å². The smallest absolute Gasteiger partial charge is 0.251 e. The van der Waals surface area contributed by atoms with Crippen molar-refractivity contribution >= 4 is 5.91 Å². The van der Waals surface area contributed by atoms with Gasteiger partial charge in [0.15, 0.2) is 0 Å². The van der Waals surface area contributed by atoms with E-state index in [9.17, 15) is 9.59 Å². The molecule has 0 aromatic carbocycles. The third-order valence-corrected chi connectivity index (χ3v) is 5.46. The van der Waals surface area contributed by atoms with E-state index in [-0.39, 0.29) is 17.5 Å². The van der Waals surface area contributed by atoms with Crippen LogP contribution in [0.15, 0.2) is 23.1 Å². The van der Waals surface area contributed by atoms with Gasteiger partial charge in [-0.15, -0.1) is 0 Å². The summed E-state index contributed by atoms with van der Waals surface area (Å²) in [5.41, 5.74) is 2.34. The van der Waals surface area contributed by atoms with Crippen molar-refractivity contribution < 1.29 is 10.0 Å². The third kappa shape index (κ3) is 2.70. The van der Waals surface area contributed by atoms with Gasteiger partial charge in [0.1, 0.15) is 0 Å². The monoisotopic (exact) mass is 304 g/mol. The van der Waals surface area contributed by atoms with Crippen molar-refractivity contribution in [1.29, 1.82) is 0 Å². The maximum atomic E-state index is 12.4. The minimum atomic E-state index is -0.569. The molecule has 1 amide bonds. The zero-order valence-electron chi connectivity index (χ0n) is 13.0. The molecule has 22 heavy (non-hydrogen) atoms. The van der Waals surface area contributed by atoms with Gasteiger partial charge in [-0.2, -0.15) is 0 Å². The number of amides is 1. The van der Waals surface area contributed by atoms with E-state index < -0.39 is 5.41 Å². The zero-order valence-corrected chi connectivity index (χ0v) is 13.0. The van der Waals surface area contributed by atoms with Crippen LogP contribution in [0.25, 0.3) is 0 Å². The van der Waals surface area contributed by atoms with Gasteiger partial charge in [-0.3, -0.25) is 14.8 Å². The molecule has 2 saturated carbocycles. The molecule has 0 aliphatic heterocycles. The zero-order chi connectivity index (χ0) is 15.7. The Morgan fingerprint density at radius 3 is 2.59 bits per heavy atom. The molecule has 5 nitrogen and oxygen atoms in total. The highest BCUT2D eigenvalue weighted by atomic mass is 16.5. The van der Waals surface area contributed by atoms with Crippen molar-refractivity contribution in [2.75, 3.05) is 0 Å². The van der Waals surface area contributed by atoms with Crippen molar-refractivity contribution in [3.8, 4) is 0 Å². The van der Waals surface area contributed by atoms with Crippen LogP contribution in [0.4, 0.5) is 0 Å². The standard InChI is InChI=1S/C17H24N2O3/c1-17(16(21)18-22)10-14(11-17)19-8-7-13(9-15(19)20)12-5-3-2-4-6-12/h7-9,12,14,22H,2-6,10-11H2,1H3,(H,18,21). The summed E-state index contributed by atoms with van der Waals surface area (Å²) in [7, 11) is 0. The van der Waals surface area contributed by atoms with Crippen LogP contribution < -0.4 is 11.0 Å². The maximum absolute atomic E-state index is 12.4. The van der Waals surface area contributed by atoms with E-state index in [4.69, 9.17) is 5.21 Å². The number of aromatic nitrogens is 1. The lowest BCUT2D eigenvalue weighted by Gasteiger charge is -2.43. The second-order valence-corrected chi connectivity index (χ2v) is 7.10. The van der Waals surface area contributed by atoms with Crippen LogP contribution in [0.1, 0.15) is 69.4 Å². The van der Waals surface area contributed by atoms with Crippen LogP contribution in [0, 0.1) is 5.41 Å². The van der Waals surface area contributed by atoms with Gasteiger partial charge in [-0.1, -0.05) is 26.2 Å². The maximum Gasteiger partial charge on any atom is 0.251 e. The number of nitrogens with one attached hydrogen (secondary N) is 1. The molecule has 1 aromatic rings. The first kappa shape index (κ1) is 15.3. The van der Waals surface area contributed by atoms with Crippen LogP contribution in [-0.4, -0.2) is 15.7 Å². The number of carbonyl (C=O) groups excluding carboxylic acids is 1. The first-order valence-corrected chi connectivity index (χ1v) is 8.20. The van der Waals surface area contributed by atoms with Gasteiger partial charge >= 0.3 is 0 Å². The molecule has 0 unspecified atom stereocenters. The molecule has 0 saturated heterocycles. The number of hydroxylamine groups is 1. The topological polar surface area (TPSA) is 71.3 Å². The van der Waals surface area contributed by atoms with E-state index in [0.29, 0.717) is 18.8 Å². The quantitative estimate of drug-likeness (QED) is 0.666. The van der Waals surface area contributed by atoms with Gasteiger partial charge in [0.25, 0.3) is 5.56 Å². The average molecular weight is 304 g/mol. The molecule has 2 aliphatic rings. The summed E-state index contributed by atoms with van der Waals surface area (Å²) < 4.78 is 1.73. The predicted octanol–water partition coefficient (Wildman–Crippen LogP) is 2.74. The molecule has 1 heterocycles. The summed E-state index contributed by atoms with van der Waals surface area (Å²) in [6.45, 7) is 1.82. The first-order chi connectivity index (χ1) is 10.5. The summed E-state index contributed by atoms with van der Waals surface area (Å²) in [5, 5.41) is 8.76. The fraction of sp³-hybridized carbons (Fsp3) is 0.647. The normalized spacial score (nSPS) is 28.9. The SMILES string of the molecule is CC1(C(=O)NO)CC(n2ccc(C3CCCCC3)cc2=O)C1. The highest BCUT2D eigenvalue weighted by Gasteiger charge is 2.47. The minimum Gasteiger partial charge on any atom is -0.312 e. The van der Waals surface area contributed by atoms with Crippen LogP contribution in [0.5, 0.6) is 0 Å². The van der Waals surface area contributed by atoms with Crippen molar-refractivity contribution in [3.05, 3.63) is 34.2 Å². The Bertz CT molecular complexity index is 611. The molecule has 2 aliphatic carbocycles. The molecule has 1 aromatic heterocycles. The molecule has 0 atom stereocenters. The van der Waals surface area contributed by atoms with Crippen molar-refractivity contribution in [2.45, 2.75) is 63.8 Å². The van der Waals surface area contributed by atoms with Crippen LogP contribution in [0.3, 0.4) is 0 Å². The van der Waals surface area contributed by atoms with E-state index in [1.165, 1.54) is 32.1 Å². The van der Waals surface area contributed by atoms with Crippen LogP contribution in [0.2, 0.25) is 0 Å². The van der Waals surface area contributed by atoms with Crippen molar-refractivity contribution in [1.82, 2.24) is 10.0 Å². The Hall–Kier alpha value is -1.62. The molecule has 0 radical (unpaired) electrons. The van der Waals surface area contributed by atoms with Gasteiger partial charge < -0.3 is 4.57 Å². The Labute approximate surface area is 130 Å². The van der Waals surface area contributed by atoms with E-state index >= 15 is 0 Å². The number of nitrogens with zero attached hydrogens (tertiary/aromatic N) is 1. The Kier molecular flexibility index (Phi) is 4.08. The molecule has 0 bridgehead atoms. The molecular weight excluding hydrogens is 280 g/mol. The summed E-state index contributed by atoms with van der Waals surface area (Å²) in [4.78, 5) is 24.0. The average Bonchev–Trinajstić information content (AvgIpc) is 2.52. The van der Waals surface area contributed by atoms with E-state index in [1.807, 2.05) is 13.1 Å². The first-order valence-electron chi connectivity index (χ1n) is 8.20. The molecule has 5 heteroatoms. The second-order valence-electron chi connectivity index (χ2n) is 7.10. The molecule has 120 valence electrons. The number of pyridine rings is 1. The van der Waals surface area contributed by atoms with E-state index in [2.05, 4.69) is 6.07 Å². The summed E-state index contributed by atoms with van der Waals surface area (Å²) >= 11 is 0. The number of hydrogen-bond acceptors (Lipinski definition) is 3. The lowest BCUT2D eigenvalue weighted by Crippen LogP contribution is -2.49. The number of hydrogen-bond donors (Lipinski definition) is 2. The Morgan fingerprint density at radius 1 is 1.32 bits per heavy atom. The minimum absolute atomic E-state index is 0.0273. The summed E-state index contributed by atoms with van der Waals surface area (Å²) in [6.07, 6.45) is 9.23. The lowest BCUT2D eigenvalue weighted by atomic mass is 9.66. The van der Waals surface area contributed by atoms with Gasteiger partial charge in [0.05, 0.1) is 5.41 Å². The van der Waals surface area contributed by atoms with E-state index in [1.54, 1.807) is 16.1 Å². The lowest BCUT2D eigenvalue weighted by molar-refractivity contribution is -0.146. The van der Waals surface area contributed by atoms with Crippen LogP contribution >= 0.6 is 0 Å². The largest absolute Gasteiger partial charge is 0.312 e. The second kappa shape index (κ2) is 5.88. The van der Waals surface area contributed by atoms with Crippen molar-refractivity contribution in [3.63, 3.8) is 0 Å². The molecule has 0 spiro atoms. The number of rotatable bonds is 3. The van der Waals surface area contributed by atoms with Gasteiger partial charge in [0, 0.05) is 18.3 Å². The fourth-order valence-corrected chi connectivity index (χ4v) is 3.99. The van der Waals surface area contributed by atoms with Gasteiger partial charge in [0.2, 0.25) is 5.91 Å². The molecule has 2 N–H and O–H groups in total. The van der Waals surface area contributed by atoms with Crippen molar-refractivity contribution in [2.24, 2.45) is 5.41 Å². The Morgan fingerprint density at radius 2 is 2.00 bits per heavy atom. The van der Waals surface area contributed by atoms with E-state index in [0.717, 1.165) is 5.56 Å². The highest BCUT2D eigenvalue weighted by Crippen LogP contribution is 2.47. The van der Waals surface area contributed by atoms with Gasteiger partial charge in [-0.25, -0.2) is 5.48 Å². The Balaban J connectivity index is 1.72. The summed E-state index contributed by atoms with van der Waals surface area (Å²) in [5.74, 6) is 0.165. The van der Waals surface area contributed by atoms with Crippen LogP contribution in [-0.2, 0) is 4.79 Å². The summed E-state index contributed by atoms with van der Waals surface area (Å²) in [6, 6.07) is 3.90. The molecule has 3 rings (SSSR count). The molecule has 2 fully saturated rings. The number of carbonyl (C=O) groups is 1. The fourth-order valence-electron chi connectivity index (χ4n) is 3.99.